The van der Waals surface area contributed by atoms with Crippen LogP contribution >= 0.6 is 11.8 Å². The fourth-order valence-electron chi connectivity index (χ4n) is 2.05. The molecule has 106 valence electrons. The molecule has 0 aromatic heterocycles. The summed E-state index contributed by atoms with van der Waals surface area (Å²) in [6.07, 6.45) is 2.25. The van der Waals surface area contributed by atoms with Gasteiger partial charge in [-0.15, -0.1) is 0 Å². The highest BCUT2D eigenvalue weighted by molar-refractivity contribution is 7.99. The summed E-state index contributed by atoms with van der Waals surface area (Å²) in [6, 6.07) is 4.95. The number of benzene rings is 1. The number of sulfonamides is 1. The first-order valence-corrected chi connectivity index (χ1v) is 8.76. The van der Waals surface area contributed by atoms with E-state index < -0.39 is 10.0 Å². The zero-order valence-corrected chi connectivity index (χ0v) is 12.4. The van der Waals surface area contributed by atoms with E-state index in [2.05, 4.69) is 5.32 Å². The normalized spacial score (nSPS) is 20.0. The molecule has 3 N–H and O–H groups in total. The van der Waals surface area contributed by atoms with Crippen molar-refractivity contribution >= 4 is 27.5 Å². The molecule has 1 saturated heterocycles. The van der Waals surface area contributed by atoms with E-state index in [-0.39, 0.29) is 4.90 Å². The Labute approximate surface area is 118 Å². The molecule has 0 spiro atoms. The van der Waals surface area contributed by atoms with Gasteiger partial charge in [0.05, 0.1) is 17.7 Å². The molecule has 1 aliphatic heterocycles. The molecule has 7 heteroatoms. The van der Waals surface area contributed by atoms with Crippen molar-refractivity contribution in [2.45, 2.75) is 23.8 Å². The van der Waals surface area contributed by atoms with Gasteiger partial charge in [-0.1, -0.05) is 0 Å². The Morgan fingerprint density at radius 3 is 2.84 bits per heavy atom. The summed E-state index contributed by atoms with van der Waals surface area (Å²) in [5, 5.41) is 8.50. The van der Waals surface area contributed by atoms with E-state index in [0.717, 1.165) is 12.2 Å². The van der Waals surface area contributed by atoms with Gasteiger partial charge in [0.25, 0.3) is 0 Å². The second kappa shape index (κ2) is 6.02. The van der Waals surface area contributed by atoms with Crippen LogP contribution in [-0.2, 0) is 10.0 Å². The fourth-order valence-corrected chi connectivity index (χ4v) is 3.66. The van der Waals surface area contributed by atoms with E-state index in [4.69, 9.17) is 9.88 Å². The minimum Gasteiger partial charge on any atom is -0.495 e. The summed E-state index contributed by atoms with van der Waals surface area (Å²) >= 11 is 1.90. The van der Waals surface area contributed by atoms with Crippen molar-refractivity contribution in [3.63, 3.8) is 0 Å². The van der Waals surface area contributed by atoms with Crippen molar-refractivity contribution in [2.24, 2.45) is 5.14 Å². The van der Waals surface area contributed by atoms with Crippen molar-refractivity contribution in [3.05, 3.63) is 18.2 Å². The molecule has 5 nitrogen and oxygen atoms in total. The van der Waals surface area contributed by atoms with E-state index in [9.17, 15) is 8.42 Å². The van der Waals surface area contributed by atoms with Crippen LogP contribution in [0.4, 0.5) is 5.69 Å². The van der Waals surface area contributed by atoms with Gasteiger partial charge in [-0.2, -0.15) is 11.8 Å². The van der Waals surface area contributed by atoms with Gasteiger partial charge in [0.1, 0.15) is 5.75 Å². The highest BCUT2D eigenvalue weighted by Gasteiger charge is 2.17. The SMILES string of the molecule is COc1ccc(S(N)(=O)=O)cc1NC1CCCSC1. The molecule has 0 radical (unpaired) electrons. The van der Waals surface area contributed by atoms with Crippen LogP contribution in [0.2, 0.25) is 0 Å². The molecule has 19 heavy (non-hydrogen) atoms. The topological polar surface area (TPSA) is 81.4 Å². The van der Waals surface area contributed by atoms with Gasteiger partial charge < -0.3 is 10.1 Å². The summed E-state index contributed by atoms with van der Waals surface area (Å²) in [5.41, 5.74) is 0.682. The van der Waals surface area contributed by atoms with Crippen LogP contribution in [0.5, 0.6) is 5.75 Å². The Morgan fingerprint density at radius 2 is 2.26 bits per heavy atom. The van der Waals surface area contributed by atoms with E-state index in [0.29, 0.717) is 17.5 Å². The second-order valence-electron chi connectivity index (χ2n) is 4.47. The maximum atomic E-state index is 11.4. The van der Waals surface area contributed by atoms with Gasteiger partial charge in [-0.05, 0) is 36.8 Å². The number of primary sulfonamides is 1. The van der Waals surface area contributed by atoms with Crippen LogP contribution in [0.25, 0.3) is 0 Å². The van der Waals surface area contributed by atoms with Crippen molar-refractivity contribution in [1.82, 2.24) is 0 Å². The molecule has 1 atom stereocenters. The molecule has 0 amide bonds. The standard InChI is InChI=1S/C12H18N2O3S2/c1-17-12-5-4-10(19(13,15)16)7-11(12)14-9-3-2-6-18-8-9/h4-5,7,9,14H,2-3,6,8H2,1H3,(H2,13,15,16). The number of thioether (sulfide) groups is 1. The number of hydrogen-bond donors (Lipinski definition) is 2. The molecule has 1 aliphatic rings. The Hall–Kier alpha value is -0.920. The van der Waals surface area contributed by atoms with Crippen molar-refractivity contribution in [1.29, 1.82) is 0 Å². The van der Waals surface area contributed by atoms with Crippen LogP contribution < -0.4 is 15.2 Å². The largest absolute Gasteiger partial charge is 0.495 e. The summed E-state index contributed by atoms with van der Waals surface area (Å²) in [5.74, 6) is 2.83. The van der Waals surface area contributed by atoms with Gasteiger partial charge in [-0.3, -0.25) is 0 Å². The van der Waals surface area contributed by atoms with E-state index in [1.165, 1.54) is 24.3 Å². The predicted molar refractivity (Wildman–Crippen MR) is 78.3 cm³/mol. The lowest BCUT2D eigenvalue weighted by Crippen LogP contribution is -2.26. The van der Waals surface area contributed by atoms with Gasteiger partial charge >= 0.3 is 0 Å². The third-order valence-corrected chi connectivity index (χ3v) is 5.15. The van der Waals surface area contributed by atoms with Crippen LogP contribution in [-0.4, -0.2) is 33.1 Å². The quantitative estimate of drug-likeness (QED) is 0.884. The Kier molecular flexibility index (Phi) is 4.59. The molecule has 1 unspecified atom stereocenters. The van der Waals surface area contributed by atoms with E-state index in [1.54, 1.807) is 13.2 Å². The van der Waals surface area contributed by atoms with Crippen molar-refractivity contribution in [3.8, 4) is 5.75 Å². The molecular formula is C12H18N2O3S2. The second-order valence-corrected chi connectivity index (χ2v) is 7.18. The average molecular weight is 302 g/mol. The molecule has 1 heterocycles. The Bertz CT molecular complexity index is 540. The number of anilines is 1. The lowest BCUT2D eigenvalue weighted by Gasteiger charge is -2.24. The minimum atomic E-state index is -3.69. The van der Waals surface area contributed by atoms with Crippen LogP contribution in [0.3, 0.4) is 0 Å². The minimum absolute atomic E-state index is 0.0965. The predicted octanol–water partition coefficient (Wildman–Crippen LogP) is 1.65. The third kappa shape index (κ3) is 3.77. The van der Waals surface area contributed by atoms with Crippen molar-refractivity contribution < 1.29 is 13.2 Å². The van der Waals surface area contributed by atoms with E-state index in [1.807, 2.05) is 11.8 Å². The number of methoxy groups -OCH3 is 1. The number of hydrogen-bond acceptors (Lipinski definition) is 5. The first kappa shape index (κ1) is 14.5. The van der Waals surface area contributed by atoms with Gasteiger partial charge in [0.15, 0.2) is 0 Å². The first-order valence-electron chi connectivity index (χ1n) is 6.06. The molecular weight excluding hydrogens is 284 g/mol. The van der Waals surface area contributed by atoms with Gasteiger partial charge in [0.2, 0.25) is 10.0 Å². The molecule has 0 saturated carbocycles. The van der Waals surface area contributed by atoms with Gasteiger partial charge in [-0.25, -0.2) is 13.6 Å². The molecule has 0 bridgehead atoms. The molecule has 1 fully saturated rings. The monoisotopic (exact) mass is 302 g/mol. The number of nitrogens with two attached hydrogens (primary N) is 1. The lowest BCUT2D eigenvalue weighted by molar-refractivity contribution is 0.415. The Morgan fingerprint density at radius 1 is 1.47 bits per heavy atom. The number of nitrogens with one attached hydrogen (secondary N) is 1. The lowest BCUT2D eigenvalue weighted by atomic mass is 10.1. The Balaban J connectivity index is 2.25. The van der Waals surface area contributed by atoms with E-state index >= 15 is 0 Å². The summed E-state index contributed by atoms with van der Waals surface area (Å²) in [6.45, 7) is 0. The highest BCUT2D eigenvalue weighted by Crippen LogP contribution is 2.30. The summed E-state index contributed by atoms with van der Waals surface area (Å²) < 4.78 is 28.0. The maximum absolute atomic E-state index is 11.4. The van der Waals surface area contributed by atoms with Crippen LogP contribution in [0.1, 0.15) is 12.8 Å². The number of rotatable bonds is 4. The summed E-state index contributed by atoms with van der Waals surface area (Å²) in [7, 11) is -2.13. The zero-order chi connectivity index (χ0) is 13.9. The first-order chi connectivity index (χ1) is 9.00. The van der Waals surface area contributed by atoms with Crippen LogP contribution in [0.15, 0.2) is 23.1 Å². The van der Waals surface area contributed by atoms with Crippen LogP contribution in [0, 0.1) is 0 Å². The third-order valence-electron chi connectivity index (χ3n) is 3.02. The zero-order valence-electron chi connectivity index (χ0n) is 10.8. The maximum Gasteiger partial charge on any atom is 0.238 e. The van der Waals surface area contributed by atoms with Gasteiger partial charge in [0, 0.05) is 11.8 Å². The number of ether oxygens (including phenoxy) is 1. The average Bonchev–Trinajstić information content (AvgIpc) is 2.39. The molecule has 1 aromatic rings. The van der Waals surface area contributed by atoms with Crippen molar-refractivity contribution in [2.75, 3.05) is 23.9 Å². The smallest absolute Gasteiger partial charge is 0.238 e. The fraction of sp³-hybridized carbons (Fsp3) is 0.500. The molecule has 0 aliphatic carbocycles. The molecule has 2 rings (SSSR count). The highest BCUT2D eigenvalue weighted by atomic mass is 32.2. The summed E-state index contributed by atoms with van der Waals surface area (Å²) in [4.78, 5) is 0.0965. The molecule has 1 aromatic carbocycles.